The molecule has 1 aromatic heterocycles. The highest BCUT2D eigenvalue weighted by Gasteiger charge is 2.23. The van der Waals surface area contributed by atoms with Gasteiger partial charge in [0.25, 0.3) is 0 Å². The van der Waals surface area contributed by atoms with Crippen molar-refractivity contribution in [3.05, 3.63) is 72.1 Å². The molecule has 1 aromatic carbocycles. The van der Waals surface area contributed by atoms with Gasteiger partial charge < -0.3 is 10.1 Å². The van der Waals surface area contributed by atoms with E-state index in [9.17, 15) is 4.79 Å². The lowest BCUT2D eigenvalue weighted by Crippen LogP contribution is -2.41. The average Bonchev–Trinajstić information content (AvgIpc) is 2.73. The molecule has 0 saturated carbocycles. The van der Waals surface area contributed by atoms with E-state index in [-0.39, 0.29) is 6.09 Å². The zero-order valence-electron chi connectivity index (χ0n) is 19.0. The summed E-state index contributed by atoms with van der Waals surface area (Å²) in [5, 5.41) is 2.98. The number of unbranched alkanes of at least 4 members (excludes halogenated alkanes) is 3. The number of allylic oxidation sites excluding steroid dienone is 1. The Morgan fingerprint density at radius 1 is 1.13 bits per heavy atom. The highest BCUT2D eigenvalue weighted by atomic mass is 16.5. The van der Waals surface area contributed by atoms with Crippen LogP contribution in [0.5, 0.6) is 0 Å². The number of amides is 1. The number of hydrogen-bond donors (Lipinski definition) is 1. The predicted octanol–water partition coefficient (Wildman–Crippen LogP) is 5.79. The van der Waals surface area contributed by atoms with E-state index < -0.39 is 5.54 Å². The summed E-state index contributed by atoms with van der Waals surface area (Å²) in [6.45, 7) is 13.6. The lowest BCUT2D eigenvalue weighted by Gasteiger charge is -2.27. The van der Waals surface area contributed by atoms with Crippen molar-refractivity contribution in [3.8, 4) is 0 Å². The SMILES string of the molecule is C=C(C)c1cccc(C(C)(C)NC(=O)OCCCCCC[n+]2cccc(CC)c2)c1. The van der Waals surface area contributed by atoms with Crippen molar-refractivity contribution >= 4 is 11.7 Å². The van der Waals surface area contributed by atoms with Gasteiger partial charge in [-0.3, -0.25) is 0 Å². The van der Waals surface area contributed by atoms with Crippen LogP contribution in [0.25, 0.3) is 5.57 Å². The van der Waals surface area contributed by atoms with Gasteiger partial charge in [-0.2, -0.15) is 0 Å². The minimum atomic E-state index is -0.507. The summed E-state index contributed by atoms with van der Waals surface area (Å²) in [5.74, 6) is 0. The Hall–Kier alpha value is -2.62. The van der Waals surface area contributed by atoms with E-state index in [4.69, 9.17) is 4.74 Å². The largest absolute Gasteiger partial charge is 0.450 e. The molecule has 1 amide bonds. The number of ether oxygens (including phenoxy) is 1. The minimum Gasteiger partial charge on any atom is -0.450 e. The van der Waals surface area contributed by atoms with Crippen molar-refractivity contribution < 1.29 is 14.1 Å². The predicted molar refractivity (Wildman–Crippen MR) is 123 cm³/mol. The smallest absolute Gasteiger partial charge is 0.407 e. The lowest BCUT2D eigenvalue weighted by molar-refractivity contribution is -0.697. The third-order valence-corrected chi connectivity index (χ3v) is 5.36. The van der Waals surface area contributed by atoms with Gasteiger partial charge in [0.2, 0.25) is 0 Å². The molecule has 2 rings (SSSR count). The van der Waals surface area contributed by atoms with E-state index in [1.54, 1.807) is 0 Å². The van der Waals surface area contributed by atoms with Gasteiger partial charge in [-0.15, -0.1) is 0 Å². The molecule has 0 unspecified atom stereocenters. The second kappa shape index (κ2) is 11.5. The zero-order chi connectivity index (χ0) is 22.0. The fourth-order valence-corrected chi connectivity index (χ4v) is 3.38. The Morgan fingerprint density at radius 3 is 2.63 bits per heavy atom. The van der Waals surface area contributed by atoms with Crippen molar-refractivity contribution in [1.82, 2.24) is 5.32 Å². The third kappa shape index (κ3) is 7.66. The Kier molecular flexibility index (Phi) is 9.10. The summed E-state index contributed by atoms with van der Waals surface area (Å²) in [5.41, 5.74) is 3.98. The molecule has 0 atom stereocenters. The maximum atomic E-state index is 12.2. The minimum absolute atomic E-state index is 0.368. The van der Waals surface area contributed by atoms with Gasteiger partial charge in [0.15, 0.2) is 12.4 Å². The number of hydrogen-bond acceptors (Lipinski definition) is 2. The van der Waals surface area contributed by atoms with Crippen LogP contribution in [0.4, 0.5) is 4.79 Å². The van der Waals surface area contributed by atoms with E-state index in [0.717, 1.165) is 55.3 Å². The Morgan fingerprint density at radius 2 is 1.90 bits per heavy atom. The number of aromatic nitrogens is 1. The molecule has 0 radical (unpaired) electrons. The Balaban J connectivity index is 1.65. The van der Waals surface area contributed by atoms with Crippen molar-refractivity contribution in [2.45, 2.75) is 71.9 Å². The molecule has 0 bridgehead atoms. The quantitative estimate of drug-likeness (QED) is 0.377. The molecule has 0 spiro atoms. The topological polar surface area (TPSA) is 42.2 Å². The van der Waals surface area contributed by atoms with E-state index in [1.165, 1.54) is 5.56 Å². The number of nitrogens with zero attached hydrogens (tertiary/aromatic N) is 1. The van der Waals surface area contributed by atoms with Crippen LogP contribution in [0.15, 0.2) is 55.4 Å². The van der Waals surface area contributed by atoms with Crippen LogP contribution >= 0.6 is 0 Å². The number of carbonyl (C=O) groups is 1. The van der Waals surface area contributed by atoms with Crippen molar-refractivity contribution in [1.29, 1.82) is 0 Å². The van der Waals surface area contributed by atoms with Crippen LogP contribution in [-0.4, -0.2) is 12.7 Å². The normalized spacial score (nSPS) is 11.2. The van der Waals surface area contributed by atoms with Gasteiger partial charge >= 0.3 is 6.09 Å². The maximum absolute atomic E-state index is 12.2. The molecule has 2 aromatic rings. The van der Waals surface area contributed by atoms with Gasteiger partial charge in [-0.1, -0.05) is 37.3 Å². The highest BCUT2D eigenvalue weighted by molar-refractivity contribution is 5.69. The Bertz CT molecular complexity index is 842. The highest BCUT2D eigenvalue weighted by Crippen LogP contribution is 2.23. The molecule has 4 heteroatoms. The second-order valence-corrected chi connectivity index (χ2v) is 8.46. The summed E-state index contributed by atoms with van der Waals surface area (Å²) in [6, 6.07) is 12.4. The van der Waals surface area contributed by atoms with Crippen LogP contribution in [0, 0.1) is 0 Å². The number of pyridine rings is 1. The average molecular weight is 410 g/mol. The first kappa shape index (κ1) is 23.7. The summed E-state index contributed by atoms with van der Waals surface area (Å²) in [4.78, 5) is 12.2. The van der Waals surface area contributed by atoms with Gasteiger partial charge in [0.05, 0.1) is 12.1 Å². The van der Waals surface area contributed by atoms with E-state index in [0.29, 0.717) is 6.61 Å². The first-order valence-electron chi connectivity index (χ1n) is 11.0. The summed E-state index contributed by atoms with van der Waals surface area (Å²) >= 11 is 0. The van der Waals surface area contributed by atoms with Crippen LogP contribution < -0.4 is 9.88 Å². The zero-order valence-corrected chi connectivity index (χ0v) is 19.0. The third-order valence-electron chi connectivity index (χ3n) is 5.36. The molecule has 1 heterocycles. The standard InChI is InChI=1S/C26H36N2O2/c1-6-22-13-12-17-28(20-22)16-9-7-8-10-18-30-25(29)27-26(4,5)24-15-11-14-23(19-24)21(2)3/h11-15,17,19-20H,2,6-10,16,18H2,1,3-5H3/p+1. The Labute approximate surface area is 182 Å². The van der Waals surface area contributed by atoms with Crippen LogP contribution in [-0.2, 0) is 23.2 Å². The van der Waals surface area contributed by atoms with Crippen LogP contribution in [0.2, 0.25) is 0 Å². The molecule has 1 N–H and O–H groups in total. The molecule has 0 aliphatic carbocycles. The van der Waals surface area contributed by atoms with Gasteiger partial charge in [0, 0.05) is 18.1 Å². The van der Waals surface area contributed by atoms with E-state index in [2.05, 4.69) is 54.0 Å². The summed E-state index contributed by atoms with van der Waals surface area (Å²) < 4.78 is 7.66. The van der Waals surface area contributed by atoms with E-state index in [1.807, 2.05) is 39.0 Å². The fraction of sp³-hybridized carbons (Fsp3) is 0.462. The first-order chi connectivity index (χ1) is 14.3. The van der Waals surface area contributed by atoms with Gasteiger partial charge in [-0.05, 0) is 69.7 Å². The van der Waals surface area contributed by atoms with Gasteiger partial charge in [-0.25, -0.2) is 9.36 Å². The van der Waals surface area contributed by atoms with E-state index >= 15 is 0 Å². The molecule has 30 heavy (non-hydrogen) atoms. The van der Waals surface area contributed by atoms with Crippen molar-refractivity contribution in [3.63, 3.8) is 0 Å². The lowest BCUT2D eigenvalue weighted by atomic mass is 9.92. The number of rotatable bonds is 11. The number of alkyl carbamates (subject to hydrolysis) is 1. The number of nitrogens with one attached hydrogen (secondary N) is 1. The molecule has 4 nitrogen and oxygen atoms in total. The molecule has 0 saturated heterocycles. The molecule has 162 valence electrons. The molecule has 0 aliphatic rings. The molecular formula is C26H37N2O2+. The van der Waals surface area contributed by atoms with Gasteiger partial charge in [0.1, 0.15) is 6.54 Å². The van der Waals surface area contributed by atoms with Crippen molar-refractivity contribution in [2.75, 3.05) is 6.61 Å². The van der Waals surface area contributed by atoms with Crippen LogP contribution in [0.1, 0.15) is 70.1 Å². The summed E-state index contributed by atoms with van der Waals surface area (Å²) in [6.07, 6.45) is 9.26. The molecule has 0 aliphatic heterocycles. The first-order valence-corrected chi connectivity index (χ1v) is 11.0. The number of aryl methyl sites for hydroxylation is 2. The maximum Gasteiger partial charge on any atom is 0.407 e. The second-order valence-electron chi connectivity index (χ2n) is 8.46. The number of benzene rings is 1. The summed E-state index contributed by atoms with van der Waals surface area (Å²) in [7, 11) is 0. The van der Waals surface area contributed by atoms with Crippen molar-refractivity contribution in [2.24, 2.45) is 0 Å². The molecular weight excluding hydrogens is 372 g/mol. The molecule has 0 fully saturated rings. The monoisotopic (exact) mass is 409 g/mol. The fourth-order valence-electron chi connectivity index (χ4n) is 3.38. The number of carbonyl (C=O) groups excluding carboxylic acids is 1. The van der Waals surface area contributed by atoms with Crippen LogP contribution in [0.3, 0.4) is 0 Å².